The van der Waals surface area contributed by atoms with E-state index in [0.717, 1.165) is 37.7 Å². The summed E-state index contributed by atoms with van der Waals surface area (Å²) in [5.74, 6) is 2.11. The van der Waals surface area contributed by atoms with E-state index in [1.54, 1.807) is 0 Å². The van der Waals surface area contributed by atoms with Crippen molar-refractivity contribution in [1.29, 1.82) is 0 Å². The molecule has 2 fully saturated rings. The highest BCUT2D eigenvalue weighted by molar-refractivity contribution is 6.02. The molecule has 0 spiro atoms. The molecule has 1 unspecified atom stereocenters. The van der Waals surface area contributed by atoms with Gasteiger partial charge in [0.05, 0.1) is 6.67 Å². The number of hydrogen-bond acceptors (Lipinski definition) is 3. The first-order valence-electron chi connectivity index (χ1n) is 17.5. The van der Waals surface area contributed by atoms with E-state index in [9.17, 15) is 0 Å². The monoisotopic (exact) mass is 586 g/mol. The van der Waals surface area contributed by atoms with E-state index >= 15 is 0 Å². The summed E-state index contributed by atoms with van der Waals surface area (Å²) in [4.78, 5) is 7.30. The molecule has 1 aliphatic heterocycles. The second-order valence-corrected chi connectivity index (χ2v) is 10.7. The lowest BCUT2D eigenvalue weighted by molar-refractivity contribution is 0.231. The molecule has 0 aromatic carbocycles. The first-order valence-corrected chi connectivity index (χ1v) is 17.5. The third kappa shape index (κ3) is 19.3. The van der Waals surface area contributed by atoms with Crippen molar-refractivity contribution in [3.05, 3.63) is 60.9 Å². The number of nitrogens with one attached hydrogen (secondary N) is 1. The summed E-state index contributed by atoms with van der Waals surface area (Å²) in [5.41, 5.74) is 5.22. The van der Waals surface area contributed by atoms with Gasteiger partial charge in [0.15, 0.2) is 0 Å². The van der Waals surface area contributed by atoms with Crippen LogP contribution < -0.4 is 5.32 Å². The molecule has 246 valence electrons. The summed E-state index contributed by atoms with van der Waals surface area (Å²) >= 11 is 0. The molecule has 2 aliphatic rings. The van der Waals surface area contributed by atoms with Gasteiger partial charge in [-0.3, -0.25) is 10.3 Å². The molecule has 1 saturated heterocycles. The molecule has 0 amide bonds. The minimum absolute atomic E-state index is 0.471. The van der Waals surface area contributed by atoms with Crippen LogP contribution in [0.4, 0.5) is 0 Å². The maximum Gasteiger partial charge on any atom is 0.0887 e. The van der Waals surface area contributed by atoms with Crippen molar-refractivity contribution < 1.29 is 0 Å². The zero-order valence-electron chi connectivity index (χ0n) is 30.5. The highest BCUT2D eigenvalue weighted by Crippen LogP contribution is 2.33. The largest absolute Gasteiger partial charge is 0.375 e. The maximum atomic E-state index is 4.79. The lowest BCUT2D eigenvalue weighted by atomic mass is 9.82. The number of allylic oxidation sites excluding steroid dienone is 6. The van der Waals surface area contributed by atoms with Crippen LogP contribution in [0.2, 0.25) is 0 Å². The quantitative estimate of drug-likeness (QED) is 0.107. The van der Waals surface area contributed by atoms with Gasteiger partial charge in [-0.25, -0.2) is 0 Å². The topological polar surface area (TPSA) is 27.6 Å². The van der Waals surface area contributed by atoms with Crippen LogP contribution in [0.1, 0.15) is 140 Å². The van der Waals surface area contributed by atoms with Gasteiger partial charge in [0.25, 0.3) is 0 Å². The Hall–Kier alpha value is -1.87. The van der Waals surface area contributed by atoms with Crippen molar-refractivity contribution in [2.45, 2.75) is 140 Å². The predicted octanol–water partition coefficient (Wildman–Crippen LogP) is 12.0. The number of piperidine rings is 1. The molecule has 3 heteroatoms. The zero-order valence-corrected chi connectivity index (χ0v) is 30.5. The predicted molar refractivity (Wildman–Crippen MR) is 197 cm³/mol. The molecule has 0 radical (unpaired) electrons. The second kappa shape index (κ2) is 32.1. The summed E-state index contributed by atoms with van der Waals surface area (Å²) in [7, 11) is 0. The lowest BCUT2D eigenvalue weighted by Gasteiger charge is -2.38. The van der Waals surface area contributed by atoms with Gasteiger partial charge in [0.2, 0.25) is 0 Å². The average Bonchev–Trinajstić information content (AvgIpc) is 3.05. The summed E-state index contributed by atoms with van der Waals surface area (Å²) in [6.07, 6.45) is 22.3. The highest BCUT2D eigenvalue weighted by Gasteiger charge is 2.26. The minimum Gasteiger partial charge on any atom is -0.375 e. The Labute approximate surface area is 265 Å². The summed E-state index contributed by atoms with van der Waals surface area (Å²) in [6, 6.07) is 0. The van der Waals surface area contributed by atoms with Crippen molar-refractivity contribution in [3.8, 4) is 0 Å². The van der Waals surface area contributed by atoms with E-state index in [1.807, 2.05) is 27.7 Å². The van der Waals surface area contributed by atoms with Crippen LogP contribution in [0.3, 0.4) is 0 Å². The Kier molecular flexibility index (Phi) is 34.0. The molecule has 2 rings (SSSR count). The average molecular weight is 586 g/mol. The van der Waals surface area contributed by atoms with Gasteiger partial charge in [-0.2, -0.15) is 0 Å². The summed E-state index contributed by atoms with van der Waals surface area (Å²) < 4.78 is 0. The van der Waals surface area contributed by atoms with E-state index in [4.69, 9.17) is 4.99 Å². The Balaban J connectivity index is -0.000000977. The molecule has 1 heterocycles. The Morgan fingerprint density at radius 1 is 0.929 bits per heavy atom. The number of aliphatic imine (C=N–C) groups is 1. The number of nitrogens with zero attached hydrogens (tertiary/aromatic N) is 2. The van der Waals surface area contributed by atoms with E-state index in [-0.39, 0.29) is 0 Å². The second-order valence-electron chi connectivity index (χ2n) is 10.7. The van der Waals surface area contributed by atoms with Gasteiger partial charge in [0, 0.05) is 30.4 Å². The molecule has 1 saturated carbocycles. The first kappa shape index (κ1) is 44.6. The molecule has 1 aliphatic carbocycles. The third-order valence-corrected chi connectivity index (χ3v) is 7.96. The molecule has 1 atom stereocenters. The van der Waals surface area contributed by atoms with Crippen molar-refractivity contribution in [2.24, 2.45) is 22.7 Å². The van der Waals surface area contributed by atoms with Gasteiger partial charge < -0.3 is 4.90 Å². The third-order valence-electron chi connectivity index (χ3n) is 7.96. The molecule has 3 nitrogen and oxygen atoms in total. The van der Waals surface area contributed by atoms with Crippen LogP contribution in [0.25, 0.3) is 0 Å². The molecular weight excluding hydrogens is 510 g/mol. The summed E-state index contributed by atoms with van der Waals surface area (Å²) in [6.45, 7) is 37.8. The van der Waals surface area contributed by atoms with Gasteiger partial charge in [-0.1, -0.05) is 118 Å². The van der Waals surface area contributed by atoms with Crippen LogP contribution in [0, 0.1) is 17.8 Å². The zero-order chi connectivity index (χ0) is 32.8. The SMILES string of the molecule is C=C.C=C(C(/C=C\C)CC)N1CCC(C(=C/C)/C(=C/C)C(/C)=N\CNCCCC)CC1.CC.CC.CC1CCCCC1. The van der Waals surface area contributed by atoms with Gasteiger partial charge in [-0.05, 0) is 82.9 Å². The summed E-state index contributed by atoms with van der Waals surface area (Å²) in [5, 5.41) is 3.42. The van der Waals surface area contributed by atoms with Crippen LogP contribution in [0.15, 0.2) is 65.9 Å². The Morgan fingerprint density at radius 2 is 1.50 bits per heavy atom. The van der Waals surface area contributed by atoms with E-state index in [2.05, 4.69) is 103 Å². The number of rotatable bonds is 12. The first-order chi connectivity index (χ1) is 20.4. The van der Waals surface area contributed by atoms with Crippen molar-refractivity contribution in [2.75, 3.05) is 26.3 Å². The fourth-order valence-corrected chi connectivity index (χ4v) is 5.57. The van der Waals surface area contributed by atoms with Crippen molar-refractivity contribution in [3.63, 3.8) is 0 Å². The van der Waals surface area contributed by atoms with Crippen molar-refractivity contribution >= 4 is 5.71 Å². The number of likely N-dealkylation sites (tertiary alicyclic amines) is 1. The lowest BCUT2D eigenvalue weighted by Crippen LogP contribution is -2.35. The van der Waals surface area contributed by atoms with E-state index < -0.39 is 0 Å². The van der Waals surface area contributed by atoms with Crippen molar-refractivity contribution in [1.82, 2.24) is 10.2 Å². The molecular formula is C39H75N3. The van der Waals surface area contributed by atoms with Crippen LogP contribution in [0.5, 0.6) is 0 Å². The molecule has 0 aromatic heterocycles. The fourth-order valence-electron chi connectivity index (χ4n) is 5.57. The van der Waals surface area contributed by atoms with Crippen LogP contribution >= 0.6 is 0 Å². The Bertz CT molecular complexity index is 729. The van der Waals surface area contributed by atoms with Crippen LogP contribution in [-0.2, 0) is 0 Å². The smallest absolute Gasteiger partial charge is 0.0887 e. The number of unbranched alkanes of at least 4 members (excludes halogenated alkanes) is 1. The normalized spacial score (nSPS) is 17.4. The fraction of sp³-hybridized carbons (Fsp3) is 0.718. The minimum atomic E-state index is 0.471. The highest BCUT2D eigenvalue weighted by atomic mass is 15.1. The van der Waals surface area contributed by atoms with E-state index in [0.29, 0.717) is 18.5 Å². The molecule has 1 N–H and O–H groups in total. The molecule has 0 bridgehead atoms. The number of hydrogen-bond donors (Lipinski definition) is 1. The molecule has 42 heavy (non-hydrogen) atoms. The Morgan fingerprint density at radius 3 is 1.90 bits per heavy atom. The molecule has 0 aromatic rings. The van der Waals surface area contributed by atoms with Gasteiger partial charge in [0.1, 0.15) is 0 Å². The maximum absolute atomic E-state index is 4.79. The van der Waals surface area contributed by atoms with Crippen LogP contribution in [-0.4, -0.2) is 36.9 Å². The van der Waals surface area contributed by atoms with Gasteiger partial charge >= 0.3 is 0 Å². The van der Waals surface area contributed by atoms with Gasteiger partial charge in [-0.15, -0.1) is 13.2 Å². The standard InChI is InChI=1S/C26H45N3.C7H14.2C2H6.C2H4/c1-8-13-17-27-20-28-21(6)25(11-4)26(12-5)24-15-18-29(19-16-24)22(7)23(10-3)14-9-2;1-7-5-3-2-4-6-7;3*1-2/h9,11-12,14,23-24,27H,7-8,10,13,15-20H2,1-6H3;7H,2-6H2,1H3;2*1-2H3;1-2H2/b14-9-,25-11+,26-12-,28-21-;;;;. The van der Waals surface area contributed by atoms with E-state index in [1.165, 1.54) is 74.6 Å².